The average Bonchev–Trinajstić information content (AvgIpc) is 3.23. The molecule has 0 fully saturated rings. The third-order valence-electron chi connectivity index (χ3n) is 9.50. The molecular weight excluding hydrogens is 631 g/mol. The molecule has 9 aromatic rings. The highest BCUT2D eigenvalue weighted by Gasteiger charge is 2.18. The summed E-state index contributed by atoms with van der Waals surface area (Å²) in [6.07, 6.45) is 0. The number of nitrogens with zero attached hydrogens (tertiary/aromatic N) is 3. The first-order valence-electron chi connectivity index (χ1n) is 17.5. The summed E-state index contributed by atoms with van der Waals surface area (Å²) in [7, 11) is 0. The highest BCUT2D eigenvalue weighted by molar-refractivity contribution is 6.05. The minimum atomic E-state index is 0.622. The van der Waals surface area contributed by atoms with E-state index in [1.54, 1.807) is 0 Å². The third-order valence-corrected chi connectivity index (χ3v) is 9.50. The zero-order valence-electron chi connectivity index (χ0n) is 28.4. The van der Waals surface area contributed by atoms with Crippen LogP contribution in [0.25, 0.3) is 66.9 Å². The van der Waals surface area contributed by atoms with Crippen molar-refractivity contribution in [2.45, 2.75) is 0 Å². The summed E-state index contributed by atoms with van der Waals surface area (Å²) in [5.74, 6) is 1.89. The van der Waals surface area contributed by atoms with E-state index in [1.807, 2.05) is 0 Å². The first-order chi connectivity index (χ1) is 25.8. The summed E-state index contributed by atoms with van der Waals surface area (Å²) in [5.41, 5.74) is 9.61. The number of aromatic nitrogens is 3. The van der Waals surface area contributed by atoms with Crippen LogP contribution in [-0.4, -0.2) is 15.0 Å². The highest BCUT2D eigenvalue weighted by Crippen LogP contribution is 2.38. The van der Waals surface area contributed by atoms with Crippen molar-refractivity contribution in [2.24, 2.45) is 0 Å². The SMILES string of the molecule is c1ccc(C(=C(c2ccccc2)c2cccc(-c3nc(-c4ccc5ccccc5c4)nc(-c4ccc5ccccc5c4)n3)c2)c2ccccc2)cc1. The van der Waals surface area contributed by atoms with Gasteiger partial charge in [-0.1, -0.05) is 182 Å². The topological polar surface area (TPSA) is 38.7 Å². The molecule has 0 aliphatic rings. The summed E-state index contributed by atoms with van der Waals surface area (Å²) in [6, 6.07) is 70.1. The van der Waals surface area contributed by atoms with Crippen LogP contribution in [-0.2, 0) is 0 Å². The van der Waals surface area contributed by atoms with Crippen molar-refractivity contribution in [1.29, 1.82) is 0 Å². The van der Waals surface area contributed by atoms with E-state index in [4.69, 9.17) is 15.0 Å². The van der Waals surface area contributed by atoms with Crippen molar-refractivity contribution in [3.8, 4) is 34.2 Å². The van der Waals surface area contributed by atoms with Crippen LogP contribution in [0, 0.1) is 0 Å². The van der Waals surface area contributed by atoms with E-state index in [2.05, 4.69) is 200 Å². The van der Waals surface area contributed by atoms with E-state index < -0.39 is 0 Å². The third kappa shape index (κ3) is 6.17. The van der Waals surface area contributed by atoms with Gasteiger partial charge in [-0.05, 0) is 73.1 Å². The van der Waals surface area contributed by atoms with E-state index in [-0.39, 0.29) is 0 Å². The van der Waals surface area contributed by atoms with Gasteiger partial charge in [0.25, 0.3) is 0 Å². The Morgan fingerprint density at radius 3 is 1.04 bits per heavy atom. The summed E-state index contributed by atoms with van der Waals surface area (Å²) in [6.45, 7) is 0. The van der Waals surface area contributed by atoms with Crippen LogP contribution in [0.5, 0.6) is 0 Å². The number of benzene rings is 8. The van der Waals surface area contributed by atoms with E-state index in [1.165, 1.54) is 10.8 Å². The normalized spacial score (nSPS) is 11.1. The van der Waals surface area contributed by atoms with Crippen molar-refractivity contribution in [3.05, 3.63) is 222 Å². The van der Waals surface area contributed by atoms with Crippen LogP contribution in [0.1, 0.15) is 22.3 Å². The van der Waals surface area contributed by atoms with Gasteiger partial charge >= 0.3 is 0 Å². The van der Waals surface area contributed by atoms with Gasteiger partial charge in [-0.3, -0.25) is 0 Å². The van der Waals surface area contributed by atoms with Crippen LogP contribution in [0.15, 0.2) is 200 Å². The molecule has 0 aliphatic heterocycles. The van der Waals surface area contributed by atoms with Crippen LogP contribution in [0.3, 0.4) is 0 Å². The molecule has 52 heavy (non-hydrogen) atoms. The molecular formula is C49H33N3. The van der Waals surface area contributed by atoms with Gasteiger partial charge < -0.3 is 0 Å². The predicted molar refractivity (Wildman–Crippen MR) is 215 cm³/mol. The summed E-state index contributed by atoms with van der Waals surface area (Å²) < 4.78 is 0. The standard InChI is InChI=1S/C49H33N3/c1-4-17-36(18-5-1)45(37-19-6-2-7-20-37)46(38-21-8-3-9-22-38)41-25-14-26-42(33-41)47-50-48(43-29-27-34-15-10-12-23-39(34)31-43)52-49(51-47)44-30-28-35-16-11-13-24-40(35)32-44/h1-33H. The largest absolute Gasteiger partial charge is 0.208 e. The quantitative estimate of drug-likeness (QED) is 0.159. The number of hydrogen-bond acceptors (Lipinski definition) is 3. The number of fused-ring (bicyclic) bond motifs is 2. The minimum absolute atomic E-state index is 0.622. The van der Waals surface area contributed by atoms with Gasteiger partial charge in [-0.2, -0.15) is 0 Å². The van der Waals surface area contributed by atoms with Gasteiger partial charge in [0, 0.05) is 16.7 Å². The first-order valence-corrected chi connectivity index (χ1v) is 17.5. The molecule has 1 heterocycles. The molecule has 0 atom stereocenters. The fourth-order valence-corrected chi connectivity index (χ4v) is 6.96. The van der Waals surface area contributed by atoms with Crippen molar-refractivity contribution >= 4 is 32.7 Å². The molecule has 244 valence electrons. The van der Waals surface area contributed by atoms with Gasteiger partial charge in [0.15, 0.2) is 17.5 Å². The Kier molecular flexibility index (Phi) is 8.20. The lowest BCUT2D eigenvalue weighted by atomic mass is 9.85. The van der Waals surface area contributed by atoms with E-state index in [9.17, 15) is 0 Å². The Labute approximate surface area is 303 Å². The van der Waals surface area contributed by atoms with E-state index in [0.717, 1.165) is 60.9 Å². The fraction of sp³-hybridized carbons (Fsp3) is 0. The highest BCUT2D eigenvalue weighted by atomic mass is 15.0. The van der Waals surface area contributed by atoms with E-state index in [0.29, 0.717) is 17.5 Å². The predicted octanol–water partition coefficient (Wildman–Crippen LogP) is 12.2. The smallest absolute Gasteiger partial charge is 0.164 e. The van der Waals surface area contributed by atoms with Gasteiger partial charge in [0.05, 0.1) is 0 Å². The van der Waals surface area contributed by atoms with Crippen LogP contribution >= 0.6 is 0 Å². The lowest BCUT2D eigenvalue weighted by Crippen LogP contribution is -2.01. The zero-order valence-corrected chi connectivity index (χ0v) is 28.4. The van der Waals surface area contributed by atoms with Crippen molar-refractivity contribution < 1.29 is 0 Å². The van der Waals surface area contributed by atoms with Gasteiger partial charge in [0.1, 0.15) is 0 Å². The second-order valence-corrected chi connectivity index (χ2v) is 12.9. The maximum absolute atomic E-state index is 5.16. The molecule has 3 nitrogen and oxygen atoms in total. The Hall–Kier alpha value is -6.97. The molecule has 0 N–H and O–H groups in total. The molecule has 8 aromatic carbocycles. The molecule has 9 rings (SSSR count). The fourth-order valence-electron chi connectivity index (χ4n) is 6.96. The van der Waals surface area contributed by atoms with Gasteiger partial charge in [-0.25, -0.2) is 15.0 Å². The monoisotopic (exact) mass is 663 g/mol. The van der Waals surface area contributed by atoms with Crippen LogP contribution in [0.4, 0.5) is 0 Å². The second kappa shape index (κ2) is 13.7. The lowest BCUT2D eigenvalue weighted by molar-refractivity contribution is 1.07. The first kappa shape index (κ1) is 31.0. The Morgan fingerprint density at radius 2 is 0.596 bits per heavy atom. The Morgan fingerprint density at radius 1 is 0.250 bits per heavy atom. The Balaban J connectivity index is 1.27. The maximum atomic E-state index is 5.16. The van der Waals surface area contributed by atoms with Gasteiger partial charge in [-0.15, -0.1) is 0 Å². The van der Waals surface area contributed by atoms with Crippen molar-refractivity contribution in [2.75, 3.05) is 0 Å². The molecule has 0 spiro atoms. The summed E-state index contributed by atoms with van der Waals surface area (Å²) >= 11 is 0. The number of hydrogen-bond donors (Lipinski definition) is 0. The summed E-state index contributed by atoms with van der Waals surface area (Å²) in [5, 5.41) is 4.64. The minimum Gasteiger partial charge on any atom is -0.208 e. The molecule has 0 bridgehead atoms. The Bertz CT molecular complexity index is 2580. The van der Waals surface area contributed by atoms with Crippen molar-refractivity contribution in [3.63, 3.8) is 0 Å². The molecule has 0 radical (unpaired) electrons. The average molecular weight is 664 g/mol. The van der Waals surface area contributed by atoms with Crippen molar-refractivity contribution in [1.82, 2.24) is 15.0 Å². The van der Waals surface area contributed by atoms with E-state index >= 15 is 0 Å². The van der Waals surface area contributed by atoms with Gasteiger partial charge in [0.2, 0.25) is 0 Å². The molecule has 3 heteroatoms. The molecule has 1 aromatic heterocycles. The molecule has 0 saturated heterocycles. The van der Waals surface area contributed by atoms with Crippen LogP contribution < -0.4 is 0 Å². The zero-order chi connectivity index (χ0) is 34.7. The second-order valence-electron chi connectivity index (χ2n) is 12.9. The lowest BCUT2D eigenvalue weighted by Gasteiger charge is -2.18. The molecule has 0 unspecified atom stereocenters. The van der Waals surface area contributed by atoms with Crippen LogP contribution in [0.2, 0.25) is 0 Å². The molecule has 0 aliphatic carbocycles. The number of rotatable bonds is 7. The molecule has 0 amide bonds. The summed E-state index contributed by atoms with van der Waals surface area (Å²) in [4.78, 5) is 15.4. The molecule has 0 saturated carbocycles. The maximum Gasteiger partial charge on any atom is 0.164 e.